The fraction of sp³-hybridized carbons (Fsp3) is 0.312. The van der Waals surface area contributed by atoms with Crippen molar-refractivity contribution in [1.29, 1.82) is 0 Å². The summed E-state index contributed by atoms with van der Waals surface area (Å²) >= 11 is 0. The van der Waals surface area contributed by atoms with Gasteiger partial charge < -0.3 is 9.73 Å². The number of furan rings is 1. The number of hydrogen-bond acceptors (Lipinski definition) is 3. The Morgan fingerprint density at radius 2 is 2.09 bits per heavy atom. The molecule has 1 heterocycles. The molecule has 2 rings (SSSR count). The summed E-state index contributed by atoms with van der Waals surface area (Å²) in [5, 5.41) is 2.73. The largest absolute Gasteiger partial charge is 0.467 e. The smallest absolute Gasteiger partial charge is 0.234 e. The van der Waals surface area contributed by atoms with Crippen LogP contribution in [0.25, 0.3) is 0 Å². The van der Waals surface area contributed by atoms with Crippen LogP contribution < -0.4 is 5.32 Å². The number of amides is 1. The standard InChI is InChI=1S/C16H18F2N2O2/c1-11(12-5-6-14(17)15(18)8-12)20(2)10-16(21)19-9-13-4-3-7-22-13/h3-8,11H,9-10H2,1-2H3,(H,19,21)/t11-/m0/s1. The molecular weight excluding hydrogens is 290 g/mol. The van der Waals surface area contributed by atoms with Crippen molar-refractivity contribution in [3.05, 3.63) is 59.6 Å². The van der Waals surface area contributed by atoms with Crippen LogP contribution in [0.5, 0.6) is 0 Å². The predicted molar refractivity (Wildman–Crippen MR) is 78.0 cm³/mol. The monoisotopic (exact) mass is 308 g/mol. The minimum absolute atomic E-state index is 0.140. The molecule has 1 N–H and O–H groups in total. The van der Waals surface area contributed by atoms with Crippen molar-refractivity contribution in [1.82, 2.24) is 10.2 Å². The van der Waals surface area contributed by atoms with Gasteiger partial charge in [0.15, 0.2) is 11.6 Å². The molecule has 0 unspecified atom stereocenters. The fourth-order valence-corrected chi connectivity index (χ4v) is 2.04. The highest BCUT2D eigenvalue weighted by atomic mass is 19.2. The lowest BCUT2D eigenvalue weighted by Crippen LogP contribution is -2.36. The van der Waals surface area contributed by atoms with E-state index in [0.717, 1.165) is 12.1 Å². The van der Waals surface area contributed by atoms with E-state index in [2.05, 4.69) is 5.32 Å². The number of carbonyl (C=O) groups is 1. The van der Waals surface area contributed by atoms with Gasteiger partial charge >= 0.3 is 0 Å². The van der Waals surface area contributed by atoms with Crippen LogP contribution in [0.1, 0.15) is 24.3 Å². The summed E-state index contributed by atoms with van der Waals surface area (Å²) < 4.78 is 31.3. The van der Waals surface area contributed by atoms with E-state index in [-0.39, 0.29) is 18.5 Å². The predicted octanol–water partition coefficient (Wildman–Crippen LogP) is 2.87. The van der Waals surface area contributed by atoms with Crippen molar-refractivity contribution in [3.8, 4) is 0 Å². The Morgan fingerprint density at radius 3 is 2.73 bits per heavy atom. The molecule has 0 aliphatic carbocycles. The molecule has 22 heavy (non-hydrogen) atoms. The molecule has 6 heteroatoms. The van der Waals surface area contributed by atoms with Gasteiger partial charge in [0.2, 0.25) is 5.91 Å². The highest BCUT2D eigenvalue weighted by Gasteiger charge is 2.16. The van der Waals surface area contributed by atoms with Crippen LogP contribution >= 0.6 is 0 Å². The van der Waals surface area contributed by atoms with Gasteiger partial charge in [-0.05, 0) is 43.8 Å². The zero-order chi connectivity index (χ0) is 16.1. The van der Waals surface area contributed by atoms with Crippen LogP contribution in [-0.4, -0.2) is 24.4 Å². The number of carbonyl (C=O) groups excluding carboxylic acids is 1. The fourth-order valence-electron chi connectivity index (χ4n) is 2.04. The highest BCUT2D eigenvalue weighted by Crippen LogP contribution is 2.20. The van der Waals surface area contributed by atoms with Crippen LogP contribution in [0.2, 0.25) is 0 Å². The summed E-state index contributed by atoms with van der Waals surface area (Å²) in [6, 6.07) is 7.06. The van der Waals surface area contributed by atoms with Crippen LogP contribution in [0.3, 0.4) is 0 Å². The van der Waals surface area contributed by atoms with E-state index in [1.54, 1.807) is 30.3 Å². The van der Waals surface area contributed by atoms with E-state index in [1.165, 1.54) is 6.07 Å². The van der Waals surface area contributed by atoms with Crippen LogP contribution in [-0.2, 0) is 11.3 Å². The summed E-state index contributed by atoms with van der Waals surface area (Å²) in [4.78, 5) is 13.6. The number of benzene rings is 1. The maximum absolute atomic E-state index is 13.3. The summed E-state index contributed by atoms with van der Waals surface area (Å²) in [6.07, 6.45) is 1.54. The van der Waals surface area contributed by atoms with Crippen molar-refractivity contribution < 1.29 is 18.0 Å². The summed E-state index contributed by atoms with van der Waals surface area (Å²) in [5.41, 5.74) is 0.611. The van der Waals surface area contributed by atoms with Crippen LogP contribution in [0.4, 0.5) is 8.78 Å². The average Bonchev–Trinajstić information content (AvgIpc) is 3.00. The third-order valence-electron chi connectivity index (χ3n) is 3.52. The number of hydrogen-bond donors (Lipinski definition) is 1. The summed E-state index contributed by atoms with van der Waals surface area (Å²) in [5.74, 6) is -1.27. The first-order valence-corrected chi connectivity index (χ1v) is 6.91. The maximum atomic E-state index is 13.3. The molecule has 1 aromatic heterocycles. The SMILES string of the molecule is C[C@@H](c1ccc(F)c(F)c1)N(C)CC(=O)NCc1ccco1. The number of nitrogens with one attached hydrogen (secondary N) is 1. The highest BCUT2D eigenvalue weighted by molar-refractivity contribution is 5.77. The lowest BCUT2D eigenvalue weighted by atomic mass is 10.1. The van der Waals surface area contributed by atoms with Gasteiger partial charge in [0.1, 0.15) is 5.76 Å². The lowest BCUT2D eigenvalue weighted by Gasteiger charge is -2.24. The molecule has 4 nitrogen and oxygen atoms in total. The molecule has 118 valence electrons. The first-order chi connectivity index (χ1) is 10.5. The number of nitrogens with zero attached hydrogens (tertiary/aromatic N) is 1. The Balaban J connectivity index is 1.88. The molecule has 1 amide bonds. The van der Waals surface area contributed by atoms with Gasteiger partial charge in [-0.3, -0.25) is 9.69 Å². The van der Waals surface area contributed by atoms with Crippen molar-refractivity contribution in [2.45, 2.75) is 19.5 Å². The minimum atomic E-state index is -0.889. The van der Waals surface area contributed by atoms with E-state index < -0.39 is 11.6 Å². The maximum Gasteiger partial charge on any atom is 0.234 e. The Kier molecular flexibility index (Phi) is 5.27. The first kappa shape index (κ1) is 16.2. The van der Waals surface area contributed by atoms with Gasteiger partial charge in [0, 0.05) is 6.04 Å². The van der Waals surface area contributed by atoms with E-state index in [1.807, 2.05) is 6.92 Å². The molecular formula is C16H18F2N2O2. The second-order valence-electron chi connectivity index (χ2n) is 5.12. The van der Waals surface area contributed by atoms with Crippen molar-refractivity contribution in [2.24, 2.45) is 0 Å². The van der Waals surface area contributed by atoms with Crippen molar-refractivity contribution >= 4 is 5.91 Å². The molecule has 0 aliphatic rings. The van der Waals surface area contributed by atoms with E-state index in [0.29, 0.717) is 17.9 Å². The molecule has 2 aromatic rings. The second-order valence-corrected chi connectivity index (χ2v) is 5.12. The zero-order valence-corrected chi connectivity index (χ0v) is 12.5. The van der Waals surface area contributed by atoms with E-state index in [4.69, 9.17) is 4.42 Å². The molecule has 0 radical (unpaired) electrons. The number of halogens is 2. The van der Waals surface area contributed by atoms with Crippen molar-refractivity contribution in [3.63, 3.8) is 0 Å². The number of likely N-dealkylation sites (N-methyl/N-ethyl adjacent to an activating group) is 1. The molecule has 1 atom stereocenters. The van der Waals surface area contributed by atoms with Crippen LogP contribution in [0.15, 0.2) is 41.0 Å². The van der Waals surface area contributed by atoms with Gasteiger partial charge in [0.05, 0.1) is 19.4 Å². The zero-order valence-electron chi connectivity index (χ0n) is 12.5. The van der Waals surface area contributed by atoms with Gasteiger partial charge in [-0.1, -0.05) is 6.07 Å². The van der Waals surface area contributed by atoms with E-state index >= 15 is 0 Å². The Morgan fingerprint density at radius 1 is 1.32 bits per heavy atom. The van der Waals surface area contributed by atoms with Gasteiger partial charge in [-0.15, -0.1) is 0 Å². The number of rotatable bonds is 6. The molecule has 0 saturated heterocycles. The second kappa shape index (κ2) is 7.17. The molecule has 0 aliphatic heterocycles. The Labute approximate surface area is 127 Å². The summed E-state index contributed by atoms with van der Waals surface area (Å²) in [7, 11) is 1.75. The average molecular weight is 308 g/mol. The Bertz CT molecular complexity index is 629. The molecule has 1 aromatic carbocycles. The third kappa shape index (κ3) is 4.14. The topological polar surface area (TPSA) is 45.5 Å². The molecule has 0 spiro atoms. The van der Waals surface area contributed by atoms with Gasteiger partial charge in [0.25, 0.3) is 0 Å². The normalized spacial score (nSPS) is 12.4. The molecule has 0 bridgehead atoms. The molecule has 0 fully saturated rings. The van der Waals surface area contributed by atoms with Crippen LogP contribution in [0, 0.1) is 11.6 Å². The molecule has 0 saturated carbocycles. The lowest BCUT2D eigenvalue weighted by molar-refractivity contribution is -0.122. The van der Waals surface area contributed by atoms with Gasteiger partial charge in [-0.2, -0.15) is 0 Å². The van der Waals surface area contributed by atoms with E-state index in [9.17, 15) is 13.6 Å². The van der Waals surface area contributed by atoms with Crippen molar-refractivity contribution in [2.75, 3.05) is 13.6 Å². The first-order valence-electron chi connectivity index (χ1n) is 6.91. The summed E-state index contributed by atoms with van der Waals surface area (Å²) in [6.45, 7) is 2.28. The third-order valence-corrected chi connectivity index (χ3v) is 3.52. The Hall–Kier alpha value is -2.21. The van der Waals surface area contributed by atoms with Gasteiger partial charge in [-0.25, -0.2) is 8.78 Å². The quantitative estimate of drug-likeness (QED) is 0.892. The minimum Gasteiger partial charge on any atom is -0.467 e.